The van der Waals surface area contributed by atoms with Crippen LogP contribution in [-0.2, 0) is 17.4 Å². The van der Waals surface area contributed by atoms with E-state index in [0.717, 1.165) is 4.52 Å². The quantitative estimate of drug-likeness (QED) is 0.400. The van der Waals surface area contributed by atoms with E-state index in [2.05, 4.69) is 35.4 Å². The molecule has 2 amide bonds. The number of hydrogen-bond acceptors (Lipinski definition) is 7. The first kappa shape index (κ1) is 29.6. The predicted octanol–water partition coefficient (Wildman–Crippen LogP) is 4.28. The monoisotopic (exact) mass is 609 g/mol. The molecule has 1 aliphatic carbocycles. The third kappa shape index (κ3) is 6.30. The SMILES string of the molecule is O=C(N[C@H](c1cn2nc(C[C@H]3C[C@@H](C(F)(F)F)CNC3=O)cnc2n1)C1CCC(F)(F)CC1)c1conc1C(F)(F)F. The zero-order valence-corrected chi connectivity index (χ0v) is 21.5. The van der Waals surface area contributed by atoms with Crippen molar-refractivity contribution in [2.75, 3.05) is 6.54 Å². The number of carbonyl (C=O) groups excluding carboxylic acids is 2. The lowest BCUT2D eigenvalue weighted by Gasteiger charge is -2.33. The van der Waals surface area contributed by atoms with Crippen LogP contribution in [0.1, 0.15) is 65.6 Å². The highest BCUT2D eigenvalue weighted by Crippen LogP contribution is 2.42. The highest BCUT2D eigenvalue weighted by Gasteiger charge is 2.45. The van der Waals surface area contributed by atoms with Crippen molar-refractivity contribution < 1.29 is 49.2 Å². The highest BCUT2D eigenvalue weighted by molar-refractivity contribution is 5.95. The van der Waals surface area contributed by atoms with Crippen molar-refractivity contribution in [3.05, 3.63) is 41.3 Å². The minimum Gasteiger partial charge on any atom is -0.363 e. The average molecular weight is 609 g/mol. The number of amides is 2. The van der Waals surface area contributed by atoms with Crippen LogP contribution < -0.4 is 10.6 Å². The zero-order valence-electron chi connectivity index (χ0n) is 21.5. The Bertz CT molecular complexity index is 1460. The number of nitrogens with zero attached hydrogens (tertiary/aromatic N) is 5. The molecule has 3 aromatic heterocycles. The van der Waals surface area contributed by atoms with Crippen LogP contribution in [0.3, 0.4) is 0 Å². The van der Waals surface area contributed by atoms with Crippen LogP contribution in [0.2, 0.25) is 0 Å². The molecule has 5 rings (SSSR count). The van der Waals surface area contributed by atoms with Gasteiger partial charge < -0.3 is 15.2 Å². The number of imidazole rings is 1. The molecule has 228 valence electrons. The number of halogens is 8. The van der Waals surface area contributed by atoms with Crippen molar-refractivity contribution in [1.29, 1.82) is 0 Å². The Labute approximate surface area is 231 Å². The molecule has 4 heterocycles. The second-order valence-corrected chi connectivity index (χ2v) is 10.5. The molecule has 2 aliphatic rings. The van der Waals surface area contributed by atoms with E-state index < -0.39 is 90.9 Å². The number of nitrogens with one attached hydrogen (secondary N) is 2. The number of carbonyl (C=O) groups is 2. The van der Waals surface area contributed by atoms with E-state index >= 15 is 0 Å². The summed E-state index contributed by atoms with van der Waals surface area (Å²) in [6.07, 6.45) is -8.23. The van der Waals surface area contributed by atoms with Gasteiger partial charge in [0.05, 0.1) is 35.7 Å². The van der Waals surface area contributed by atoms with Crippen LogP contribution in [0.25, 0.3) is 5.78 Å². The maximum absolute atomic E-state index is 13.9. The van der Waals surface area contributed by atoms with E-state index in [4.69, 9.17) is 0 Å². The molecule has 0 bridgehead atoms. The Hall–Kier alpha value is -3.86. The third-order valence-electron chi connectivity index (χ3n) is 7.56. The zero-order chi connectivity index (χ0) is 30.4. The van der Waals surface area contributed by atoms with E-state index in [1.165, 1.54) is 12.4 Å². The smallest absolute Gasteiger partial charge is 0.363 e. The molecule has 1 aliphatic heterocycles. The molecule has 0 aromatic carbocycles. The number of hydrogen-bond donors (Lipinski definition) is 2. The van der Waals surface area contributed by atoms with Gasteiger partial charge in [-0.25, -0.2) is 23.3 Å². The molecule has 3 aromatic rings. The van der Waals surface area contributed by atoms with E-state index in [1.807, 2.05) is 0 Å². The van der Waals surface area contributed by atoms with Crippen molar-refractivity contribution in [2.24, 2.45) is 17.8 Å². The van der Waals surface area contributed by atoms with Gasteiger partial charge in [-0.15, -0.1) is 0 Å². The van der Waals surface area contributed by atoms with Crippen LogP contribution >= 0.6 is 0 Å². The van der Waals surface area contributed by atoms with Gasteiger partial charge in [0.15, 0.2) is 5.69 Å². The average Bonchev–Trinajstić information content (AvgIpc) is 3.55. The first-order chi connectivity index (χ1) is 19.6. The Morgan fingerprint density at radius 3 is 2.57 bits per heavy atom. The number of aromatic nitrogens is 5. The van der Waals surface area contributed by atoms with Gasteiger partial charge in [-0.05, 0) is 25.2 Å². The van der Waals surface area contributed by atoms with Gasteiger partial charge in [0.1, 0.15) is 11.8 Å². The second-order valence-electron chi connectivity index (χ2n) is 10.5. The molecule has 1 saturated heterocycles. The molecule has 0 radical (unpaired) electrons. The highest BCUT2D eigenvalue weighted by atomic mass is 19.4. The van der Waals surface area contributed by atoms with Gasteiger partial charge in [-0.3, -0.25) is 9.59 Å². The number of alkyl halides is 8. The van der Waals surface area contributed by atoms with Gasteiger partial charge in [0.2, 0.25) is 11.8 Å². The van der Waals surface area contributed by atoms with Crippen molar-refractivity contribution in [1.82, 2.24) is 35.4 Å². The minimum atomic E-state index is -5.00. The summed E-state index contributed by atoms with van der Waals surface area (Å²) < 4.78 is 113. The summed E-state index contributed by atoms with van der Waals surface area (Å²) in [5, 5.41) is 11.8. The topological polar surface area (TPSA) is 127 Å². The summed E-state index contributed by atoms with van der Waals surface area (Å²) >= 11 is 0. The van der Waals surface area contributed by atoms with Crippen LogP contribution in [-0.4, -0.2) is 55.2 Å². The molecule has 18 heteroatoms. The molecule has 1 saturated carbocycles. The molecule has 2 N–H and O–H groups in total. The molecule has 0 unspecified atom stereocenters. The minimum absolute atomic E-state index is 0.0311. The van der Waals surface area contributed by atoms with Crippen molar-refractivity contribution in [3.63, 3.8) is 0 Å². The molecule has 2 fully saturated rings. The van der Waals surface area contributed by atoms with Crippen molar-refractivity contribution >= 4 is 17.6 Å². The maximum Gasteiger partial charge on any atom is 0.437 e. The fourth-order valence-electron chi connectivity index (χ4n) is 5.31. The fraction of sp³-hybridized carbons (Fsp3) is 0.583. The largest absolute Gasteiger partial charge is 0.437 e. The Kier molecular flexibility index (Phi) is 7.59. The Balaban J connectivity index is 1.41. The molecular weight excluding hydrogens is 586 g/mol. The summed E-state index contributed by atoms with van der Waals surface area (Å²) in [7, 11) is 0. The van der Waals surface area contributed by atoms with Crippen LogP contribution in [0.15, 0.2) is 23.2 Å². The van der Waals surface area contributed by atoms with Crippen LogP contribution in [0, 0.1) is 17.8 Å². The van der Waals surface area contributed by atoms with Crippen molar-refractivity contribution in [2.45, 2.75) is 62.8 Å². The van der Waals surface area contributed by atoms with E-state index in [1.54, 1.807) is 0 Å². The van der Waals surface area contributed by atoms with E-state index in [0.29, 0.717) is 6.26 Å². The van der Waals surface area contributed by atoms with Crippen molar-refractivity contribution in [3.8, 4) is 0 Å². The number of rotatable bonds is 6. The molecular formula is C24H23F8N7O3. The van der Waals surface area contributed by atoms with Crippen LogP contribution in [0.4, 0.5) is 35.1 Å². The molecule has 3 atom stereocenters. The Morgan fingerprint density at radius 1 is 1.19 bits per heavy atom. The van der Waals surface area contributed by atoms with E-state index in [-0.39, 0.29) is 36.4 Å². The standard InChI is InChI=1S/C24H23F8N7O3/c25-22(26)3-1-11(2-4-22)17(36-20(41)15-10-42-38-18(15)24(30,31)32)16-9-39-21(35-16)34-8-14(37-39)6-12-5-13(23(27,28)29)7-33-19(12)40/h8-13,17H,1-7H2,(H,33,40)(H,36,41)/t12-,13-,17+/m1/s1. The molecule has 10 nitrogen and oxygen atoms in total. The molecule has 42 heavy (non-hydrogen) atoms. The van der Waals surface area contributed by atoms with E-state index in [9.17, 15) is 44.7 Å². The maximum atomic E-state index is 13.9. The molecule has 0 spiro atoms. The normalized spacial score (nSPS) is 22.6. The van der Waals surface area contributed by atoms with Gasteiger partial charge in [0, 0.05) is 31.7 Å². The summed E-state index contributed by atoms with van der Waals surface area (Å²) in [5.41, 5.74) is -2.24. The first-order valence-corrected chi connectivity index (χ1v) is 12.9. The summed E-state index contributed by atoms with van der Waals surface area (Å²) in [4.78, 5) is 33.5. The lowest BCUT2D eigenvalue weighted by Crippen LogP contribution is -2.47. The summed E-state index contributed by atoms with van der Waals surface area (Å²) in [6.45, 7) is -0.520. The van der Waals surface area contributed by atoms with Gasteiger partial charge >= 0.3 is 12.4 Å². The van der Waals surface area contributed by atoms with Gasteiger partial charge in [-0.2, -0.15) is 31.4 Å². The van der Waals surface area contributed by atoms with Gasteiger partial charge in [-0.1, -0.05) is 5.16 Å². The van der Waals surface area contributed by atoms with Crippen LogP contribution in [0.5, 0.6) is 0 Å². The van der Waals surface area contributed by atoms with Gasteiger partial charge in [0.25, 0.3) is 11.7 Å². The lowest BCUT2D eigenvalue weighted by atomic mass is 9.81. The third-order valence-corrected chi connectivity index (χ3v) is 7.56. The number of fused-ring (bicyclic) bond motifs is 1. The predicted molar refractivity (Wildman–Crippen MR) is 124 cm³/mol. The lowest BCUT2D eigenvalue weighted by molar-refractivity contribution is -0.183. The first-order valence-electron chi connectivity index (χ1n) is 12.9. The Morgan fingerprint density at radius 2 is 1.90 bits per heavy atom. The number of piperidine rings is 1. The summed E-state index contributed by atoms with van der Waals surface area (Å²) in [6, 6.07) is -1.13. The second kappa shape index (κ2) is 10.8. The summed E-state index contributed by atoms with van der Waals surface area (Å²) in [5.74, 6) is -8.13. The fourth-order valence-corrected chi connectivity index (χ4v) is 5.31.